The predicted octanol–water partition coefficient (Wildman–Crippen LogP) is 4.41. The van der Waals surface area contributed by atoms with Crippen LogP contribution in [0.15, 0.2) is 71.6 Å². The van der Waals surface area contributed by atoms with Crippen LogP contribution in [-0.2, 0) is 9.59 Å². The summed E-state index contributed by atoms with van der Waals surface area (Å²) in [7, 11) is 0. The Morgan fingerprint density at radius 1 is 0.889 bits per heavy atom. The van der Waals surface area contributed by atoms with E-state index in [-0.39, 0.29) is 29.4 Å². The molecule has 0 saturated carbocycles. The van der Waals surface area contributed by atoms with Crippen LogP contribution in [0.4, 0.5) is 11.4 Å². The average Bonchev–Trinajstić information content (AvgIpc) is 3.12. The Hall–Kier alpha value is -4.15. The van der Waals surface area contributed by atoms with Crippen LogP contribution in [0.1, 0.15) is 37.5 Å². The number of carboxylic acids is 2. The molecule has 36 heavy (non-hydrogen) atoms. The lowest BCUT2D eigenvalue weighted by Crippen LogP contribution is -2.31. The van der Waals surface area contributed by atoms with E-state index in [9.17, 15) is 29.1 Å². The van der Waals surface area contributed by atoms with Crippen LogP contribution >= 0.6 is 23.4 Å². The first kappa shape index (κ1) is 25.0. The molecule has 1 heterocycles. The number of carbonyl (C=O) groups is 5. The van der Waals surface area contributed by atoms with E-state index in [0.29, 0.717) is 21.3 Å². The van der Waals surface area contributed by atoms with Crippen molar-refractivity contribution in [2.45, 2.75) is 16.6 Å². The highest BCUT2D eigenvalue weighted by molar-refractivity contribution is 8.00. The van der Waals surface area contributed by atoms with Gasteiger partial charge in [0.25, 0.3) is 5.91 Å². The summed E-state index contributed by atoms with van der Waals surface area (Å²) in [5.74, 6) is -4.11. The molecule has 1 aliphatic heterocycles. The van der Waals surface area contributed by atoms with Crippen LogP contribution < -0.4 is 10.2 Å². The Bertz CT molecular complexity index is 1390. The Labute approximate surface area is 213 Å². The number of aromatic carboxylic acids is 2. The maximum absolute atomic E-state index is 12.8. The number of anilines is 2. The molecular weight excluding hydrogens is 508 g/mol. The van der Waals surface area contributed by atoms with Gasteiger partial charge < -0.3 is 15.5 Å². The minimum Gasteiger partial charge on any atom is -0.478 e. The molecule has 182 valence electrons. The molecule has 1 saturated heterocycles. The molecule has 3 amide bonds. The van der Waals surface area contributed by atoms with Gasteiger partial charge in [0.15, 0.2) is 0 Å². The Kier molecular flexibility index (Phi) is 7.09. The molecule has 3 N–H and O–H groups in total. The monoisotopic (exact) mass is 524 g/mol. The molecule has 0 aromatic heterocycles. The average molecular weight is 525 g/mol. The van der Waals surface area contributed by atoms with Gasteiger partial charge in [0, 0.05) is 22.0 Å². The number of carboxylic acid groups (broad SMARTS) is 2. The topological polar surface area (TPSA) is 141 Å². The lowest BCUT2D eigenvalue weighted by molar-refractivity contribution is -0.121. The van der Waals surface area contributed by atoms with Crippen LogP contribution in [-0.4, -0.2) is 45.1 Å². The molecular formula is C25H17ClN2O7S. The normalized spacial score (nSPS) is 15.1. The second-order valence-corrected chi connectivity index (χ2v) is 9.42. The van der Waals surface area contributed by atoms with Crippen LogP contribution in [0.5, 0.6) is 0 Å². The van der Waals surface area contributed by atoms with Crippen molar-refractivity contribution in [3.63, 3.8) is 0 Å². The van der Waals surface area contributed by atoms with E-state index in [0.717, 1.165) is 23.1 Å². The number of hydrogen-bond acceptors (Lipinski definition) is 6. The first-order chi connectivity index (χ1) is 17.1. The number of nitrogens with one attached hydrogen (secondary N) is 1. The Balaban J connectivity index is 1.44. The molecule has 0 bridgehead atoms. The second kappa shape index (κ2) is 10.2. The highest BCUT2D eigenvalue weighted by Crippen LogP contribution is 2.34. The Morgan fingerprint density at radius 3 is 2.17 bits per heavy atom. The minimum atomic E-state index is -1.43. The molecule has 1 aliphatic rings. The van der Waals surface area contributed by atoms with E-state index in [1.54, 1.807) is 48.5 Å². The number of halogens is 1. The second-order valence-electron chi connectivity index (χ2n) is 7.70. The first-order valence-corrected chi connectivity index (χ1v) is 11.7. The van der Waals surface area contributed by atoms with E-state index < -0.39 is 28.7 Å². The number of hydrogen-bond donors (Lipinski definition) is 3. The molecule has 3 aromatic rings. The standard InChI is InChI=1S/C25H17ClN2O7S/c26-14-2-6-16(7-3-14)28-21(29)12-20(23(28)31)36-17-8-4-15(5-9-17)27-22(30)18-10-1-13(24(32)33)11-19(18)25(34)35/h1-11,20H,12H2,(H,27,30)(H,32,33)(H,34,35). The summed E-state index contributed by atoms with van der Waals surface area (Å²) >= 11 is 7.09. The van der Waals surface area contributed by atoms with E-state index in [4.69, 9.17) is 16.7 Å². The molecule has 0 spiro atoms. The smallest absolute Gasteiger partial charge is 0.336 e. The van der Waals surface area contributed by atoms with Gasteiger partial charge in [-0.2, -0.15) is 0 Å². The fourth-order valence-electron chi connectivity index (χ4n) is 3.59. The molecule has 1 fully saturated rings. The molecule has 0 aliphatic carbocycles. The van der Waals surface area contributed by atoms with Gasteiger partial charge >= 0.3 is 11.9 Å². The van der Waals surface area contributed by atoms with Crippen molar-refractivity contribution in [2.24, 2.45) is 0 Å². The van der Waals surface area contributed by atoms with E-state index >= 15 is 0 Å². The fourth-order valence-corrected chi connectivity index (χ4v) is 4.77. The van der Waals surface area contributed by atoms with E-state index in [1.165, 1.54) is 11.8 Å². The predicted molar refractivity (Wildman–Crippen MR) is 133 cm³/mol. The Morgan fingerprint density at radius 2 is 1.56 bits per heavy atom. The van der Waals surface area contributed by atoms with Gasteiger partial charge in [-0.3, -0.25) is 14.4 Å². The zero-order valence-corrected chi connectivity index (χ0v) is 19.9. The van der Waals surface area contributed by atoms with Gasteiger partial charge in [0.2, 0.25) is 11.8 Å². The lowest BCUT2D eigenvalue weighted by Gasteiger charge is -2.15. The van der Waals surface area contributed by atoms with Crippen LogP contribution in [0.2, 0.25) is 5.02 Å². The van der Waals surface area contributed by atoms with Gasteiger partial charge in [-0.15, -0.1) is 11.8 Å². The third kappa shape index (κ3) is 5.24. The number of imide groups is 1. The highest BCUT2D eigenvalue weighted by Gasteiger charge is 2.40. The zero-order chi connectivity index (χ0) is 26.0. The maximum Gasteiger partial charge on any atom is 0.336 e. The zero-order valence-electron chi connectivity index (χ0n) is 18.3. The molecule has 1 unspecified atom stereocenters. The summed E-state index contributed by atoms with van der Waals surface area (Å²) in [6.07, 6.45) is 0.0366. The third-order valence-electron chi connectivity index (χ3n) is 5.32. The molecule has 4 rings (SSSR count). The summed E-state index contributed by atoms with van der Waals surface area (Å²) in [4.78, 5) is 62.4. The maximum atomic E-state index is 12.8. The number of thioether (sulfide) groups is 1. The van der Waals surface area contributed by atoms with Crippen molar-refractivity contribution in [3.05, 3.63) is 88.4 Å². The fraction of sp³-hybridized carbons (Fsp3) is 0.0800. The van der Waals surface area contributed by atoms with Gasteiger partial charge in [-0.1, -0.05) is 11.6 Å². The number of carbonyl (C=O) groups excluding carboxylic acids is 3. The number of amides is 3. The van der Waals surface area contributed by atoms with Crippen LogP contribution in [0.3, 0.4) is 0 Å². The van der Waals surface area contributed by atoms with Gasteiger partial charge in [0.1, 0.15) is 0 Å². The molecule has 3 aromatic carbocycles. The highest BCUT2D eigenvalue weighted by atomic mass is 35.5. The summed E-state index contributed by atoms with van der Waals surface area (Å²) in [5, 5.41) is 20.9. The van der Waals surface area contributed by atoms with Crippen LogP contribution in [0.25, 0.3) is 0 Å². The van der Waals surface area contributed by atoms with Crippen molar-refractivity contribution in [2.75, 3.05) is 10.2 Å². The number of benzene rings is 3. The first-order valence-electron chi connectivity index (χ1n) is 10.4. The number of nitrogens with zero attached hydrogens (tertiary/aromatic N) is 1. The SMILES string of the molecule is O=C(O)c1ccc(C(=O)Nc2ccc(SC3CC(=O)N(c4ccc(Cl)cc4)C3=O)cc2)c(C(=O)O)c1. The van der Waals surface area contributed by atoms with Crippen molar-refractivity contribution >= 4 is 64.4 Å². The third-order valence-corrected chi connectivity index (χ3v) is 6.77. The quantitative estimate of drug-likeness (QED) is 0.386. The van der Waals surface area contributed by atoms with Crippen molar-refractivity contribution in [1.29, 1.82) is 0 Å². The minimum absolute atomic E-state index is 0.0366. The van der Waals surface area contributed by atoms with Gasteiger partial charge in [-0.05, 0) is 66.7 Å². The van der Waals surface area contributed by atoms with E-state index in [1.807, 2.05) is 0 Å². The summed E-state index contributed by atoms with van der Waals surface area (Å²) in [6, 6.07) is 16.1. The number of rotatable bonds is 7. The largest absolute Gasteiger partial charge is 0.478 e. The van der Waals surface area contributed by atoms with Crippen molar-refractivity contribution < 1.29 is 34.2 Å². The van der Waals surface area contributed by atoms with Gasteiger partial charge in [0.05, 0.1) is 27.6 Å². The lowest BCUT2D eigenvalue weighted by atomic mass is 10.0. The molecule has 0 radical (unpaired) electrons. The van der Waals surface area contributed by atoms with Gasteiger partial charge in [-0.25, -0.2) is 14.5 Å². The van der Waals surface area contributed by atoms with E-state index in [2.05, 4.69) is 5.32 Å². The summed E-state index contributed by atoms with van der Waals surface area (Å²) in [6.45, 7) is 0. The summed E-state index contributed by atoms with van der Waals surface area (Å²) < 4.78 is 0. The van der Waals surface area contributed by atoms with Crippen molar-refractivity contribution in [1.82, 2.24) is 0 Å². The molecule has 9 nitrogen and oxygen atoms in total. The van der Waals surface area contributed by atoms with Crippen molar-refractivity contribution in [3.8, 4) is 0 Å². The molecule has 1 atom stereocenters. The summed E-state index contributed by atoms with van der Waals surface area (Å²) in [5.41, 5.74) is -0.0651. The molecule has 11 heteroatoms. The van der Waals surface area contributed by atoms with Crippen LogP contribution in [0, 0.1) is 0 Å².